The Kier molecular flexibility index (Phi) is 6.62. The maximum atomic E-state index is 11.8. The van der Waals surface area contributed by atoms with Gasteiger partial charge in [-0.1, -0.05) is 23.9 Å². The van der Waals surface area contributed by atoms with E-state index in [0.29, 0.717) is 17.2 Å². The van der Waals surface area contributed by atoms with Crippen LogP contribution in [0.2, 0.25) is 0 Å². The average molecular weight is 359 g/mol. The molecule has 1 aromatic carbocycles. The Labute approximate surface area is 148 Å². The number of ether oxygens (including phenoxy) is 2. The van der Waals surface area contributed by atoms with E-state index < -0.39 is 5.91 Å². The molecule has 0 bridgehead atoms. The number of thioether (sulfide) groups is 1. The highest BCUT2D eigenvalue weighted by molar-refractivity contribution is 7.99. The molecule has 0 fully saturated rings. The van der Waals surface area contributed by atoms with E-state index in [1.165, 1.54) is 6.07 Å². The number of rotatable bonds is 8. The SMILES string of the molecule is COc1ccc(COCc2cc(=O)[nH]c(SCC(N)=O)c2C#N)cc1. The summed E-state index contributed by atoms with van der Waals surface area (Å²) in [6.45, 7) is 0.425. The van der Waals surface area contributed by atoms with E-state index in [4.69, 9.17) is 15.2 Å². The maximum absolute atomic E-state index is 11.8. The molecule has 0 unspecified atom stereocenters. The molecule has 0 saturated carbocycles. The van der Waals surface area contributed by atoms with Crippen molar-refractivity contribution in [2.75, 3.05) is 12.9 Å². The van der Waals surface area contributed by atoms with Crippen LogP contribution in [0.3, 0.4) is 0 Å². The Morgan fingerprint density at radius 3 is 2.64 bits per heavy atom. The fourth-order valence-corrected chi connectivity index (χ4v) is 2.86. The zero-order valence-electron chi connectivity index (χ0n) is 13.6. The van der Waals surface area contributed by atoms with Crippen molar-refractivity contribution in [3.8, 4) is 11.8 Å². The third-order valence-corrected chi connectivity index (χ3v) is 4.27. The normalized spacial score (nSPS) is 10.2. The predicted molar refractivity (Wildman–Crippen MR) is 93.2 cm³/mol. The number of benzene rings is 1. The highest BCUT2D eigenvalue weighted by Crippen LogP contribution is 2.22. The molecule has 3 N–H and O–H groups in total. The Balaban J connectivity index is 2.08. The second-order valence-electron chi connectivity index (χ2n) is 5.07. The summed E-state index contributed by atoms with van der Waals surface area (Å²) in [7, 11) is 1.59. The molecule has 25 heavy (non-hydrogen) atoms. The lowest BCUT2D eigenvalue weighted by atomic mass is 10.1. The van der Waals surface area contributed by atoms with E-state index in [0.717, 1.165) is 23.1 Å². The Hall–Kier alpha value is -2.76. The molecule has 0 spiro atoms. The van der Waals surface area contributed by atoms with Crippen LogP contribution in [-0.4, -0.2) is 23.8 Å². The average Bonchev–Trinajstić information content (AvgIpc) is 2.60. The van der Waals surface area contributed by atoms with Gasteiger partial charge in [-0.05, 0) is 17.7 Å². The van der Waals surface area contributed by atoms with Crippen molar-refractivity contribution in [1.29, 1.82) is 5.26 Å². The lowest BCUT2D eigenvalue weighted by Crippen LogP contribution is -2.15. The highest BCUT2D eigenvalue weighted by Gasteiger charge is 2.12. The molecule has 8 heteroatoms. The minimum Gasteiger partial charge on any atom is -0.497 e. The summed E-state index contributed by atoms with van der Waals surface area (Å²) in [6.07, 6.45) is 0. The quantitative estimate of drug-likeness (QED) is 0.690. The molecular weight excluding hydrogens is 342 g/mol. The van der Waals surface area contributed by atoms with Crippen LogP contribution in [0.25, 0.3) is 0 Å². The predicted octanol–water partition coefficient (Wildman–Crippen LogP) is 1.55. The van der Waals surface area contributed by atoms with Crippen molar-refractivity contribution in [1.82, 2.24) is 4.98 Å². The van der Waals surface area contributed by atoms with Crippen molar-refractivity contribution in [2.24, 2.45) is 5.73 Å². The minimum atomic E-state index is -0.532. The van der Waals surface area contributed by atoms with E-state index in [2.05, 4.69) is 4.98 Å². The molecule has 2 rings (SSSR count). The number of aromatic amines is 1. The number of hydrogen-bond acceptors (Lipinski definition) is 6. The summed E-state index contributed by atoms with van der Waals surface area (Å²) in [5.74, 6) is 0.193. The van der Waals surface area contributed by atoms with Crippen LogP contribution in [-0.2, 0) is 22.7 Å². The summed E-state index contributed by atoms with van der Waals surface area (Å²) in [5, 5.41) is 9.67. The molecule has 130 valence electrons. The van der Waals surface area contributed by atoms with E-state index in [1.807, 2.05) is 30.3 Å². The minimum absolute atomic E-state index is 0.0270. The smallest absolute Gasteiger partial charge is 0.249 e. The number of amides is 1. The van der Waals surface area contributed by atoms with Gasteiger partial charge in [0.25, 0.3) is 0 Å². The highest BCUT2D eigenvalue weighted by atomic mass is 32.2. The fourth-order valence-electron chi connectivity index (χ4n) is 2.08. The van der Waals surface area contributed by atoms with Gasteiger partial charge in [0.05, 0.1) is 36.7 Å². The van der Waals surface area contributed by atoms with Crippen LogP contribution in [0.15, 0.2) is 40.2 Å². The topological polar surface area (TPSA) is 118 Å². The zero-order chi connectivity index (χ0) is 18.2. The molecule has 1 amide bonds. The number of nitrogens with two attached hydrogens (primary N) is 1. The summed E-state index contributed by atoms with van der Waals surface area (Å²) in [4.78, 5) is 25.2. The molecule has 1 aromatic heterocycles. The van der Waals surface area contributed by atoms with Gasteiger partial charge in [-0.25, -0.2) is 0 Å². The first-order valence-electron chi connectivity index (χ1n) is 7.31. The first-order chi connectivity index (χ1) is 12.0. The van der Waals surface area contributed by atoms with Crippen LogP contribution in [0.5, 0.6) is 5.75 Å². The molecule has 0 atom stereocenters. The lowest BCUT2D eigenvalue weighted by Gasteiger charge is -2.09. The Morgan fingerprint density at radius 2 is 2.04 bits per heavy atom. The number of nitrogens with zero attached hydrogens (tertiary/aromatic N) is 1. The summed E-state index contributed by atoms with van der Waals surface area (Å²) in [5.41, 5.74) is 6.42. The van der Waals surface area contributed by atoms with Gasteiger partial charge in [-0.2, -0.15) is 5.26 Å². The monoisotopic (exact) mass is 359 g/mol. The number of nitriles is 1. The van der Waals surface area contributed by atoms with Gasteiger partial charge in [-0.3, -0.25) is 9.59 Å². The Morgan fingerprint density at radius 1 is 1.32 bits per heavy atom. The lowest BCUT2D eigenvalue weighted by molar-refractivity contribution is -0.115. The number of carbonyl (C=O) groups excluding carboxylic acids is 1. The van der Waals surface area contributed by atoms with Crippen molar-refractivity contribution in [3.63, 3.8) is 0 Å². The number of aromatic nitrogens is 1. The van der Waals surface area contributed by atoms with Crippen LogP contribution in [0.1, 0.15) is 16.7 Å². The van der Waals surface area contributed by atoms with Gasteiger partial charge in [0.2, 0.25) is 11.5 Å². The molecule has 7 nitrogen and oxygen atoms in total. The molecule has 1 heterocycles. The number of hydrogen-bond donors (Lipinski definition) is 2. The van der Waals surface area contributed by atoms with Crippen LogP contribution in [0, 0.1) is 11.3 Å². The van der Waals surface area contributed by atoms with Crippen molar-refractivity contribution in [3.05, 3.63) is 57.4 Å². The van der Waals surface area contributed by atoms with Crippen LogP contribution in [0.4, 0.5) is 0 Å². The molecule has 0 saturated heterocycles. The van der Waals surface area contributed by atoms with E-state index >= 15 is 0 Å². The van der Waals surface area contributed by atoms with Crippen molar-refractivity contribution >= 4 is 17.7 Å². The number of methoxy groups -OCH3 is 1. The maximum Gasteiger partial charge on any atom is 0.249 e. The second-order valence-corrected chi connectivity index (χ2v) is 6.06. The largest absolute Gasteiger partial charge is 0.497 e. The number of carbonyl (C=O) groups is 1. The van der Waals surface area contributed by atoms with Gasteiger partial charge in [0.1, 0.15) is 11.8 Å². The van der Waals surface area contributed by atoms with Crippen LogP contribution >= 0.6 is 11.8 Å². The second kappa shape index (κ2) is 8.92. The van der Waals surface area contributed by atoms with Gasteiger partial charge in [-0.15, -0.1) is 0 Å². The van der Waals surface area contributed by atoms with Gasteiger partial charge in [0.15, 0.2) is 0 Å². The third-order valence-electron chi connectivity index (χ3n) is 3.25. The molecular formula is C17H17N3O4S. The number of H-pyrrole nitrogens is 1. The van der Waals surface area contributed by atoms with Gasteiger partial charge < -0.3 is 20.2 Å². The summed E-state index contributed by atoms with van der Waals surface area (Å²) >= 11 is 1.02. The zero-order valence-corrected chi connectivity index (χ0v) is 14.4. The fraction of sp³-hybridized carbons (Fsp3) is 0.235. The number of pyridine rings is 1. The first-order valence-corrected chi connectivity index (χ1v) is 8.30. The molecule has 0 radical (unpaired) electrons. The Bertz CT molecular complexity index is 840. The number of nitrogens with one attached hydrogen (secondary N) is 1. The van der Waals surface area contributed by atoms with Crippen molar-refractivity contribution < 1.29 is 14.3 Å². The van der Waals surface area contributed by atoms with E-state index in [1.54, 1.807) is 7.11 Å². The molecule has 0 aliphatic heterocycles. The standard InChI is InChI=1S/C17H17N3O4S/c1-23-13-4-2-11(3-5-13)8-24-9-12-6-16(22)20-17(14(12)7-18)25-10-15(19)21/h2-6H,8-10H2,1H3,(H2,19,21)(H,20,22). The van der Waals surface area contributed by atoms with Crippen molar-refractivity contribution in [2.45, 2.75) is 18.2 Å². The summed E-state index contributed by atoms with van der Waals surface area (Å²) in [6, 6.07) is 10.8. The van der Waals surface area contributed by atoms with Crippen LogP contribution < -0.4 is 16.0 Å². The van der Waals surface area contributed by atoms with E-state index in [9.17, 15) is 14.9 Å². The number of primary amides is 1. The van der Waals surface area contributed by atoms with E-state index in [-0.39, 0.29) is 23.5 Å². The molecule has 0 aliphatic rings. The first kappa shape index (κ1) is 18.6. The van der Waals surface area contributed by atoms with Gasteiger partial charge >= 0.3 is 0 Å². The molecule has 2 aromatic rings. The summed E-state index contributed by atoms with van der Waals surface area (Å²) < 4.78 is 10.7. The third kappa shape index (κ3) is 5.38. The molecule has 0 aliphatic carbocycles. The van der Waals surface area contributed by atoms with Gasteiger partial charge in [0, 0.05) is 11.6 Å².